The van der Waals surface area contributed by atoms with Gasteiger partial charge in [0.15, 0.2) is 5.65 Å². The van der Waals surface area contributed by atoms with E-state index in [4.69, 9.17) is 4.98 Å². The third kappa shape index (κ3) is 1.97. The van der Waals surface area contributed by atoms with Crippen molar-refractivity contribution in [3.8, 4) is 11.4 Å². The predicted octanol–water partition coefficient (Wildman–Crippen LogP) is 2.20. The molecule has 1 aromatic carbocycles. The number of fused-ring (bicyclic) bond motifs is 1. The average Bonchev–Trinajstić information content (AvgIpc) is 3.15. The van der Waals surface area contributed by atoms with Crippen LogP contribution in [0.3, 0.4) is 0 Å². The fraction of sp³-hybridized carbons (Fsp3) is 0.250. The van der Waals surface area contributed by atoms with Crippen LogP contribution in [0, 0.1) is 0 Å². The predicted molar refractivity (Wildman–Crippen MR) is 80.8 cm³/mol. The Kier molecular flexibility index (Phi) is 2.86. The largest absolute Gasteiger partial charge is 0.506 e. The first-order chi connectivity index (χ1) is 10.3. The highest BCUT2D eigenvalue weighted by Gasteiger charge is 2.25. The first-order valence-corrected chi connectivity index (χ1v) is 7.17. The van der Waals surface area contributed by atoms with Gasteiger partial charge in [-0.05, 0) is 37.2 Å². The van der Waals surface area contributed by atoms with Crippen LogP contribution >= 0.6 is 0 Å². The highest BCUT2D eigenvalue weighted by molar-refractivity contribution is 5.75. The first-order valence-electron chi connectivity index (χ1n) is 7.17. The van der Waals surface area contributed by atoms with Crippen LogP contribution in [0.2, 0.25) is 0 Å². The Morgan fingerprint density at radius 2 is 2.10 bits per heavy atom. The number of hydrogen-bond acceptors (Lipinski definition) is 4. The Morgan fingerprint density at radius 1 is 1.19 bits per heavy atom. The van der Waals surface area contributed by atoms with Crippen LogP contribution in [0.15, 0.2) is 42.6 Å². The molecule has 1 aliphatic heterocycles. The van der Waals surface area contributed by atoms with Crippen molar-refractivity contribution in [2.24, 2.45) is 0 Å². The molecule has 5 heteroatoms. The van der Waals surface area contributed by atoms with Crippen LogP contribution in [0.1, 0.15) is 18.2 Å². The summed E-state index contributed by atoms with van der Waals surface area (Å²) in [7, 11) is 0. The number of phenolic OH excluding ortho intramolecular Hbond substituents is 1. The van der Waals surface area contributed by atoms with E-state index < -0.39 is 0 Å². The van der Waals surface area contributed by atoms with Crippen molar-refractivity contribution in [3.63, 3.8) is 0 Å². The summed E-state index contributed by atoms with van der Waals surface area (Å²) in [4.78, 5) is 9.22. The molecular formula is C16H16N4O. The second-order valence-electron chi connectivity index (χ2n) is 5.33. The molecule has 2 aromatic heterocycles. The minimum Gasteiger partial charge on any atom is -0.506 e. The second-order valence-corrected chi connectivity index (χ2v) is 5.33. The molecule has 0 aliphatic carbocycles. The first kappa shape index (κ1) is 12.3. The van der Waals surface area contributed by atoms with Crippen molar-refractivity contribution in [1.29, 1.82) is 0 Å². The van der Waals surface area contributed by atoms with Gasteiger partial charge in [0, 0.05) is 18.7 Å². The minimum atomic E-state index is 0.245. The maximum Gasteiger partial charge on any atom is 0.164 e. The van der Waals surface area contributed by atoms with Crippen LogP contribution in [0.5, 0.6) is 5.75 Å². The zero-order valence-electron chi connectivity index (χ0n) is 11.5. The monoisotopic (exact) mass is 280 g/mol. The van der Waals surface area contributed by atoms with Crippen molar-refractivity contribution in [3.05, 3.63) is 48.4 Å². The summed E-state index contributed by atoms with van der Waals surface area (Å²) in [6.07, 6.45) is 2.81. The molecule has 3 aromatic rings. The maximum absolute atomic E-state index is 10.2. The average molecular weight is 280 g/mol. The van der Waals surface area contributed by atoms with Crippen molar-refractivity contribution in [1.82, 2.24) is 19.9 Å². The number of rotatable bonds is 2. The Hall–Kier alpha value is -2.40. The molecular weight excluding hydrogens is 264 g/mol. The summed E-state index contributed by atoms with van der Waals surface area (Å²) < 4.78 is 1.99. The number of nitrogens with one attached hydrogen (secondary N) is 1. The molecule has 1 unspecified atom stereocenters. The van der Waals surface area contributed by atoms with Crippen molar-refractivity contribution in [2.75, 3.05) is 13.1 Å². The topological polar surface area (TPSA) is 63.0 Å². The van der Waals surface area contributed by atoms with E-state index in [2.05, 4.69) is 10.3 Å². The van der Waals surface area contributed by atoms with Gasteiger partial charge < -0.3 is 10.4 Å². The van der Waals surface area contributed by atoms with Gasteiger partial charge in [0.1, 0.15) is 17.1 Å². The molecule has 0 radical (unpaired) electrons. The van der Waals surface area contributed by atoms with E-state index in [1.54, 1.807) is 12.3 Å². The fourth-order valence-electron chi connectivity index (χ4n) is 2.97. The Labute approximate surface area is 122 Å². The van der Waals surface area contributed by atoms with E-state index >= 15 is 0 Å². The van der Waals surface area contributed by atoms with Crippen LogP contribution in [0.25, 0.3) is 16.9 Å². The third-order valence-electron chi connectivity index (χ3n) is 3.99. The number of phenols is 1. The number of benzene rings is 1. The molecule has 1 fully saturated rings. The molecule has 0 saturated carbocycles. The van der Waals surface area contributed by atoms with E-state index in [0.29, 0.717) is 5.92 Å². The number of hydrogen-bond donors (Lipinski definition) is 2. The van der Waals surface area contributed by atoms with Gasteiger partial charge in [-0.2, -0.15) is 0 Å². The Balaban J connectivity index is 2.00. The normalized spacial score (nSPS) is 18.4. The van der Waals surface area contributed by atoms with E-state index in [9.17, 15) is 5.11 Å². The Morgan fingerprint density at radius 3 is 2.90 bits per heavy atom. The number of aromatic hydroxyl groups is 1. The van der Waals surface area contributed by atoms with Gasteiger partial charge in [0.2, 0.25) is 0 Å². The van der Waals surface area contributed by atoms with Gasteiger partial charge in [0.25, 0.3) is 0 Å². The lowest BCUT2D eigenvalue weighted by Gasteiger charge is -2.13. The van der Waals surface area contributed by atoms with Gasteiger partial charge in [0.05, 0.1) is 5.69 Å². The number of nitrogens with zero attached hydrogens (tertiary/aromatic N) is 3. The number of para-hydroxylation sites is 2. The smallest absolute Gasteiger partial charge is 0.164 e. The van der Waals surface area contributed by atoms with Gasteiger partial charge in [-0.1, -0.05) is 12.1 Å². The summed E-state index contributed by atoms with van der Waals surface area (Å²) in [6.45, 7) is 1.92. The lowest BCUT2D eigenvalue weighted by Crippen LogP contribution is -2.12. The molecule has 1 atom stereocenters. The highest BCUT2D eigenvalue weighted by atomic mass is 16.3. The van der Waals surface area contributed by atoms with Crippen molar-refractivity contribution >= 4 is 11.2 Å². The third-order valence-corrected chi connectivity index (χ3v) is 3.99. The van der Waals surface area contributed by atoms with Crippen molar-refractivity contribution in [2.45, 2.75) is 12.3 Å². The van der Waals surface area contributed by atoms with Gasteiger partial charge >= 0.3 is 0 Å². The van der Waals surface area contributed by atoms with Crippen LogP contribution in [0.4, 0.5) is 0 Å². The summed E-state index contributed by atoms with van der Waals surface area (Å²) in [5.41, 5.74) is 2.39. The van der Waals surface area contributed by atoms with Crippen LogP contribution in [-0.4, -0.2) is 32.7 Å². The molecule has 5 nitrogen and oxygen atoms in total. The minimum absolute atomic E-state index is 0.245. The zero-order valence-corrected chi connectivity index (χ0v) is 11.5. The molecule has 0 amide bonds. The van der Waals surface area contributed by atoms with E-state index in [1.165, 1.54) is 0 Å². The van der Waals surface area contributed by atoms with Gasteiger partial charge in [-0.25, -0.2) is 9.97 Å². The molecule has 3 heterocycles. The maximum atomic E-state index is 10.2. The standard InChI is InChI=1S/C16H16N4O/c21-14-6-2-1-5-13(14)20-15(11-7-9-17-10-11)19-12-4-3-8-18-16(12)20/h1-6,8,11,17,21H,7,9-10H2. The highest BCUT2D eigenvalue weighted by Crippen LogP contribution is 2.31. The SMILES string of the molecule is Oc1ccccc1-n1c(C2CCNC2)nc2cccnc21. The lowest BCUT2D eigenvalue weighted by atomic mass is 10.1. The van der Waals surface area contributed by atoms with E-state index in [1.807, 2.05) is 34.9 Å². The zero-order chi connectivity index (χ0) is 14.2. The number of imidazole rings is 1. The lowest BCUT2D eigenvalue weighted by molar-refractivity contribution is 0.471. The molecule has 4 rings (SSSR count). The second kappa shape index (κ2) is 4.86. The molecule has 1 aliphatic rings. The molecule has 0 spiro atoms. The number of aromatic nitrogens is 3. The van der Waals surface area contributed by atoms with E-state index in [-0.39, 0.29) is 5.75 Å². The summed E-state index contributed by atoms with van der Waals surface area (Å²) in [6, 6.07) is 11.2. The molecule has 106 valence electrons. The fourth-order valence-corrected chi connectivity index (χ4v) is 2.97. The summed E-state index contributed by atoms with van der Waals surface area (Å²) in [5.74, 6) is 1.56. The quantitative estimate of drug-likeness (QED) is 0.755. The van der Waals surface area contributed by atoms with Gasteiger partial charge in [-0.15, -0.1) is 0 Å². The van der Waals surface area contributed by atoms with Crippen LogP contribution in [-0.2, 0) is 0 Å². The molecule has 2 N–H and O–H groups in total. The summed E-state index contributed by atoms with van der Waals surface area (Å²) >= 11 is 0. The summed E-state index contributed by atoms with van der Waals surface area (Å²) in [5, 5.41) is 13.6. The van der Waals surface area contributed by atoms with E-state index in [0.717, 1.165) is 42.2 Å². The van der Waals surface area contributed by atoms with Crippen LogP contribution < -0.4 is 5.32 Å². The van der Waals surface area contributed by atoms with Crippen molar-refractivity contribution < 1.29 is 5.11 Å². The molecule has 1 saturated heterocycles. The number of pyridine rings is 1. The van der Waals surface area contributed by atoms with Gasteiger partial charge in [-0.3, -0.25) is 4.57 Å². The molecule has 0 bridgehead atoms. The molecule has 21 heavy (non-hydrogen) atoms. The Bertz CT molecular complexity index is 790.